The first kappa shape index (κ1) is 19.4. The van der Waals surface area contributed by atoms with E-state index in [4.69, 9.17) is 27.1 Å². The van der Waals surface area contributed by atoms with E-state index in [0.717, 1.165) is 28.0 Å². The first-order valence-corrected chi connectivity index (χ1v) is 9.28. The SMILES string of the molecule is CCOCCn1c(CNCC(N)=O)nc2ccc(-c3ccccc3Cl)cc21. The summed E-state index contributed by atoms with van der Waals surface area (Å²) in [4.78, 5) is 15.7. The third kappa shape index (κ3) is 4.66. The molecule has 3 N–H and O–H groups in total. The molecule has 27 heavy (non-hydrogen) atoms. The maximum absolute atomic E-state index is 11.0. The van der Waals surface area contributed by atoms with Crippen molar-refractivity contribution in [2.45, 2.75) is 20.0 Å². The Morgan fingerprint density at radius 2 is 2.11 bits per heavy atom. The van der Waals surface area contributed by atoms with Crippen LogP contribution in [0.4, 0.5) is 0 Å². The summed E-state index contributed by atoms with van der Waals surface area (Å²) in [6, 6.07) is 13.9. The molecule has 0 saturated heterocycles. The molecular weight excluding hydrogens is 364 g/mol. The molecule has 0 radical (unpaired) electrons. The van der Waals surface area contributed by atoms with Gasteiger partial charge in [-0.15, -0.1) is 0 Å². The minimum Gasteiger partial charge on any atom is -0.380 e. The average Bonchev–Trinajstić information content (AvgIpc) is 2.99. The first-order valence-electron chi connectivity index (χ1n) is 8.91. The lowest BCUT2D eigenvalue weighted by atomic mass is 10.1. The largest absolute Gasteiger partial charge is 0.380 e. The van der Waals surface area contributed by atoms with Crippen molar-refractivity contribution >= 4 is 28.5 Å². The molecule has 6 nitrogen and oxygen atoms in total. The van der Waals surface area contributed by atoms with Gasteiger partial charge in [-0.05, 0) is 30.7 Å². The predicted octanol–water partition coefficient (Wildman–Crippen LogP) is 2.97. The van der Waals surface area contributed by atoms with Gasteiger partial charge in [0.05, 0.1) is 30.7 Å². The molecular formula is C20H23ClN4O2. The predicted molar refractivity (Wildman–Crippen MR) is 108 cm³/mol. The van der Waals surface area contributed by atoms with Gasteiger partial charge in [-0.25, -0.2) is 4.98 Å². The number of amides is 1. The van der Waals surface area contributed by atoms with Gasteiger partial charge in [-0.1, -0.05) is 35.9 Å². The molecule has 3 aromatic rings. The summed E-state index contributed by atoms with van der Waals surface area (Å²) in [6.45, 7) is 4.44. The van der Waals surface area contributed by atoms with Gasteiger partial charge in [-0.3, -0.25) is 4.79 Å². The van der Waals surface area contributed by atoms with E-state index in [1.807, 2.05) is 43.3 Å². The number of carbonyl (C=O) groups excluding carboxylic acids is 1. The van der Waals surface area contributed by atoms with Crippen molar-refractivity contribution in [2.24, 2.45) is 5.73 Å². The molecule has 0 aliphatic heterocycles. The first-order chi connectivity index (χ1) is 13.1. The summed E-state index contributed by atoms with van der Waals surface area (Å²) in [6.07, 6.45) is 0. The highest BCUT2D eigenvalue weighted by Gasteiger charge is 2.13. The van der Waals surface area contributed by atoms with Gasteiger partial charge in [0, 0.05) is 23.7 Å². The van der Waals surface area contributed by atoms with Crippen molar-refractivity contribution in [3.05, 3.63) is 53.3 Å². The molecule has 0 saturated carbocycles. The second kappa shape index (κ2) is 8.99. The average molecular weight is 387 g/mol. The number of primary amides is 1. The van der Waals surface area contributed by atoms with Gasteiger partial charge in [0.25, 0.3) is 0 Å². The zero-order valence-corrected chi connectivity index (χ0v) is 16.0. The number of ether oxygens (including phenoxy) is 1. The van der Waals surface area contributed by atoms with E-state index in [9.17, 15) is 4.79 Å². The number of fused-ring (bicyclic) bond motifs is 1. The smallest absolute Gasteiger partial charge is 0.231 e. The molecule has 0 fully saturated rings. The monoisotopic (exact) mass is 386 g/mol. The second-order valence-electron chi connectivity index (χ2n) is 6.13. The molecule has 0 atom stereocenters. The number of hydrogen-bond acceptors (Lipinski definition) is 4. The standard InChI is InChI=1S/C20H23ClN4O2/c1-2-27-10-9-25-18-11-14(15-5-3-4-6-16(15)21)7-8-17(18)24-20(25)13-23-12-19(22)26/h3-8,11,23H,2,9-10,12-13H2,1H3,(H2,22,26). The minimum absolute atomic E-state index is 0.111. The summed E-state index contributed by atoms with van der Waals surface area (Å²) < 4.78 is 7.63. The fourth-order valence-corrected chi connectivity index (χ4v) is 3.26. The highest BCUT2D eigenvalue weighted by molar-refractivity contribution is 6.33. The van der Waals surface area contributed by atoms with E-state index < -0.39 is 5.91 Å². The minimum atomic E-state index is -0.395. The number of aromatic nitrogens is 2. The third-order valence-corrected chi connectivity index (χ3v) is 4.59. The van der Waals surface area contributed by atoms with Crippen molar-refractivity contribution < 1.29 is 9.53 Å². The molecule has 0 bridgehead atoms. The summed E-state index contributed by atoms with van der Waals surface area (Å²) in [5.41, 5.74) is 9.10. The van der Waals surface area contributed by atoms with Crippen LogP contribution in [0.25, 0.3) is 22.2 Å². The van der Waals surface area contributed by atoms with Crippen LogP contribution in [0.1, 0.15) is 12.7 Å². The van der Waals surface area contributed by atoms with E-state index in [2.05, 4.69) is 16.0 Å². The molecule has 142 valence electrons. The van der Waals surface area contributed by atoms with Gasteiger partial charge < -0.3 is 20.4 Å². The van der Waals surface area contributed by atoms with E-state index >= 15 is 0 Å². The Hall–Kier alpha value is -2.41. The normalized spacial score (nSPS) is 11.2. The van der Waals surface area contributed by atoms with E-state index in [1.165, 1.54) is 0 Å². The second-order valence-corrected chi connectivity index (χ2v) is 6.54. The Morgan fingerprint density at radius 1 is 1.30 bits per heavy atom. The van der Waals surface area contributed by atoms with Crippen LogP contribution in [0, 0.1) is 0 Å². The quantitative estimate of drug-likeness (QED) is 0.554. The van der Waals surface area contributed by atoms with Crippen LogP contribution < -0.4 is 11.1 Å². The van der Waals surface area contributed by atoms with Crippen LogP contribution >= 0.6 is 11.6 Å². The van der Waals surface area contributed by atoms with Gasteiger partial charge in [0.2, 0.25) is 5.91 Å². The van der Waals surface area contributed by atoms with Crippen LogP contribution in [-0.4, -0.2) is 35.2 Å². The van der Waals surface area contributed by atoms with Crippen molar-refractivity contribution in [2.75, 3.05) is 19.8 Å². The number of nitrogens with two attached hydrogens (primary N) is 1. The van der Waals surface area contributed by atoms with Crippen LogP contribution in [0.15, 0.2) is 42.5 Å². The van der Waals surface area contributed by atoms with Crippen LogP contribution in [0.2, 0.25) is 5.02 Å². The van der Waals surface area contributed by atoms with E-state index in [0.29, 0.717) is 31.3 Å². The lowest BCUT2D eigenvalue weighted by Crippen LogP contribution is -2.29. The lowest BCUT2D eigenvalue weighted by molar-refractivity contribution is -0.117. The molecule has 1 amide bonds. The molecule has 1 aromatic heterocycles. The third-order valence-electron chi connectivity index (χ3n) is 4.26. The maximum atomic E-state index is 11.0. The number of halogens is 1. The van der Waals surface area contributed by atoms with Crippen LogP contribution in [0.3, 0.4) is 0 Å². The number of benzene rings is 2. The van der Waals surface area contributed by atoms with Crippen molar-refractivity contribution in [3.8, 4) is 11.1 Å². The van der Waals surface area contributed by atoms with E-state index in [1.54, 1.807) is 0 Å². The number of nitrogens with zero attached hydrogens (tertiary/aromatic N) is 2. The fourth-order valence-electron chi connectivity index (χ4n) is 3.02. The van der Waals surface area contributed by atoms with Crippen molar-refractivity contribution in [3.63, 3.8) is 0 Å². The van der Waals surface area contributed by atoms with Crippen molar-refractivity contribution in [1.82, 2.24) is 14.9 Å². The zero-order chi connectivity index (χ0) is 19.2. The Labute approximate surface area is 163 Å². The molecule has 3 rings (SSSR count). The topological polar surface area (TPSA) is 82.2 Å². The van der Waals surface area contributed by atoms with E-state index in [-0.39, 0.29) is 6.54 Å². The van der Waals surface area contributed by atoms with Crippen molar-refractivity contribution in [1.29, 1.82) is 0 Å². The lowest BCUT2D eigenvalue weighted by Gasteiger charge is -2.11. The maximum Gasteiger partial charge on any atom is 0.231 e. The molecule has 1 heterocycles. The van der Waals surface area contributed by atoms with Gasteiger partial charge in [0.15, 0.2) is 0 Å². The summed E-state index contributed by atoms with van der Waals surface area (Å²) in [5.74, 6) is 0.440. The molecule has 0 spiro atoms. The molecule has 0 aliphatic carbocycles. The summed E-state index contributed by atoms with van der Waals surface area (Å²) >= 11 is 6.36. The Balaban J connectivity index is 1.98. The van der Waals surface area contributed by atoms with Crippen LogP contribution in [-0.2, 0) is 22.6 Å². The Kier molecular flexibility index (Phi) is 6.45. The number of nitrogens with one attached hydrogen (secondary N) is 1. The number of imidazole rings is 1. The Morgan fingerprint density at radius 3 is 2.85 bits per heavy atom. The molecule has 2 aromatic carbocycles. The fraction of sp³-hybridized carbons (Fsp3) is 0.300. The highest BCUT2D eigenvalue weighted by Crippen LogP contribution is 2.30. The summed E-state index contributed by atoms with van der Waals surface area (Å²) in [5, 5.41) is 3.74. The van der Waals surface area contributed by atoms with Gasteiger partial charge >= 0.3 is 0 Å². The molecule has 0 aliphatic rings. The number of hydrogen-bond donors (Lipinski definition) is 2. The highest BCUT2D eigenvalue weighted by atomic mass is 35.5. The Bertz CT molecular complexity index is 939. The molecule has 7 heteroatoms. The van der Waals surface area contributed by atoms with Gasteiger partial charge in [0.1, 0.15) is 5.82 Å². The summed E-state index contributed by atoms with van der Waals surface area (Å²) in [7, 11) is 0. The number of carbonyl (C=O) groups is 1. The van der Waals surface area contributed by atoms with Gasteiger partial charge in [-0.2, -0.15) is 0 Å². The zero-order valence-electron chi connectivity index (χ0n) is 15.2. The van der Waals surface area contributed by atoms with Crippen LogP contribution in [0.5, 0.6) is 0 Å². The molecule has 0 unspecified atom stereocenters. The number of rotatable bonds is 9.